The third kappa shape index (κ3) is 4.86. The fourth-order valence-electron chi connectivity index (χ4n) is 2.61. The average Bonchev–Trinajstić information content (AvgIpc) is 2.20. The maximum atomic E-state index is 11.3. The Labute approximate surface area is 99.4 Å². The third-order valence-electron chi connectivity index (χ3n) is 3.32. The number of nitrogens with one attached hydrogen (secondary N) is 2. The van der Waals surface area contributed by atoms with Crippen molar-refractivity contribution in [1.82, 2.24) is 10.6 Å². The molecule has 0 aliphatic heterocycles. The Morgan fingerprint density at radius 1 is 1.25 bits per heavy atom. The largest absolute Gasteiger partial charge is 0.338 e. The molecule has 1 aliphatic carbocycles. The van der Waals surface area contributed by atoms with E-state index in [-0.39, 0.29) is 6.03 Å². The molecule has 3 nitrogen and oxygen atoms in total. The highest BCUT2D eigenvalue weighted by Crippen LogP contribution is 2.29. The molecule has 1 fully saturated rings. The molecule has 94 valence electrons. The average molecular weight is 226 g/mol. The molecule has 1 saturated carbocycles. The molecule has 0 unspecified atom stereocenters. The maximum Gasteiger partial charge on any atom is 0.314 e. The van der Waals surface area contributed by atoms with Gasteiger partial charge in [-0.3, -0.25) is 0 Å². The van der Waals surface area contributed by atoms with Crippen LogP contribution in [0.15, 0.2) is 0 Å². The Kier molecular flexibility index (Phi) is 5.64. The predicted molar refractivity (Wildman–Crippen MR) is 67.4 cm³/mol. The van der Waals surface area contributed by atoms with E-state index in [0.29, 0.717) is 12.6 Å². The minimum Gasteiger partial charge on any atom is -0.338 e. The lowest BCUT2D eigenvalue weighted by Gasteiger charge is -2.30. The number of amides is 2. The summed E-state index contributed by atoms with van der Waals surface area (Å²) in [5.41, 5.74) is 0. The Morgan fingerprint density at radius 3 is 2.38 bits per heavy atom. The SMILES string of the molecule is CCNC(=O)N[C@H]1CC[C@@H](CC(C)C)CC1. The van der Waals surface area contributed by atoms with Crippen LogP contribution in [0, 0.1) is 11.8 Å². The molecule has 2 N–H and O–H groups in total. The molecule has 0 atom stereocenters. The fraction of sp³-hybridized carbons (Fsp3) is 0.923. The van der Waals surface area contributed by atoms with Crippen LogP contribution in [0.2, 0.25) is 0 Å². The van der Waals surface area contributed by atoms with E-state index in [2.05, 4.69) is 24.5 Å². The van der Waals surface area contributed by atoms with E-state index in [1.807, 2.05) is 6.92 Å². The number of rotatable bonds is 4. The van der Waals surface area contributed by atoms with Crippen LogP contribution in [-0.2, 0) is 0 Å². The fourth-order valence-corrected chi connectivity index (χ4v) is 2.61. The van der Waals surface area contributed by atoms with Crippen LogP contribution in [0.5, 0.6) is 0 Å². The molecule has 0 saturated heterocycles. The van der Waals surface area contributed by atoms with Gasteiger partial charge in [0.25, 0.3) is 0 Å². The van der Waals surface area contributed by atoms with Crippen molar-refractivity contribution in [2.24, 2.45) is 11.8 Å². The summed E-state index contributed by atoms with van der Waals surface area (Å²) in [6, 6.07) is 0.393. The highest BCUT2D eigenvalue weighted by atomic mass is 16.2. The highest BCUT2D eigenvalue weighted by Gasteiger charge is 2.22. The van der Waals surface area contributed by atoms with Gasteiger partial charge in [-0.05, 0) is 50.9 Å². The molecule has 0 bridgehead atoms. The second kappa shape index (κ2) is 6.77. The van der Waals surface area contributed by atoms with Gasteiger partial charge in [0.2, 0.25) is 0 Å². The summed E-state index contributed by atoms with van der Waals surface area (Å²) in [6.07, 6.45) is 6.18. The van der Waals surface area contributed by atoms with Gasteiger partial charge in [-0.15, -0.1) is 0 Å². The molecule has 0 aromatic carbocycles. The topological polar surface area (TPSA) is 41.1 Å². The zero-order valence-electron chi connectivity index (χ0n) is 10.9. The minimum atomic E-state index is -0.00481. The molecular weight excluding hydrogens is 200 g/mol. The zero-order chi connectivity index (χ0) is 12.0. The molecule has 1 aliphatic rings. The van der Waals surface area contributed by atoms with Crippen molar-refractivity contribution in [3.8, 4) is 0 Å². The summed E-state index contributed by atoms with van der Waals surface area (Å²) in [6.45, 7) is 7.23. The first-order chi connectivity index (χ1) is 7.61. The summed E-state index contributed by atoms with van der Waals surface area (Å²) in [5, 5.41) is 5.83. The van der Waals surface area contributed by atoms with Gasteiger partial charge in [0.1, 0.15) is 0 Å². The van der Waals surface area contributed by atoms with Gasteiger partial charge in [0.05, 0.1) is 0 Å². The van der Waals surface area contributed by atoms with Crippen molar-refractivity contribution in [3.63, 3.8) is 0 Å². The standard InChI is InChI=1S/C13H26N2O/c1-4-14-13(16)15-12-7-5-11(6-8-12)9-10(2)3/h10-12H,4-9H2,1-3H3,(H2,14,15,16)/t11-,12+. The summed E-state index contributed by atoms with van der Waals surface area (Å²) >= 11 is 0. The van der Waals surface area contributed by atoms with Gasteiger partial charge in [-0.25, -0.2) is 4.79 Å². The summed E-state index contributed by atoms with van der Waals surface area (Å²) in [4.78, 5) is 11.3. The van der Waals surface area contributed by atoms with E-state index in [9.17, 15) is 4.79 Å². The quantitative estimate of drug-likeness (QED) is 0.760. The number of carbonyl (C=O) groups excluding carboxylic acids is 1. The monoisotopic (exact) mass is 226 g/mol. The second-order valence-electron chi connectivity index (χ2n) is 5.35. The van der Waals surface area contributed by atoms with Crippen molar-refractivity contribution in [2.75, 3.05) is 6.54 Å². The Morgan fingerprint density at radius 2 is 1.88 bits per heavy atom. The second-order valence-corrected chi connectivity index (χ2v) is 5.35. The number of urea groups is 1. The van der Waals surface area contributed by atoms with Crippen LogP contribution in [0.4, 0.5) is 4.79 Å². The Hall–Kier alpha value is -0.730. The van der Waals surface area contributed by atoms with Crippen LogP contribution in [0.1, 0.15) is 52.9 Å². The van der Waals surface area contributed by atoms with Crippen molar-refractivity contribution >= 4 is 6.03 Å². The summed E-state index contributed by atoms with van der Waals surface area (Å²) in [7, 11) is 0. The highest BCUT2D eigenvalue weighted by molar-refractivity contribution is 5.74. The van der Waals surface area contributed by atoms with Gasteiger partial charge in [0.15, 0.2) is 0 Å². The molecule has 1 rings (SSSR count). The van der Waals surface area contributed by atoms with Gasteiger partial charge >= 0.3 is 6.03 Å². The smallest absolute Gasteiger partial charge is 0.314 e. The van der Waals surface area contributed by atoms with Crippen molar-refractivity contribution in [3.05, 3.63) is 0 Å². The minimum absolute atomic E-state index is 0.00481. The van der Waals surface area contributed by atoms with Gasteiger partial charge in [-0.1, -0.05) is 13.8 Å². The van der Waals surface area contributed by atoms with Crippen LogP contribution in [0.3, 0.4) is 0 Å². The third-order valence-corrected chi connectivity index (χ3v) is 3.32. The first kappa shape index (κ1) is 13.3. The molecule has 3 heteroatoms. The van der Waals surface area contributed by atoms with Crippen LogP contribution in [-0.4, -0.2) is 18.6 Å². The number of carbonyl (C=O) groups is 1. The number of hydrogen-bond donors (Lipinski definition) is 2. The molecule has 0 aromatic heterocycles. The van der Waals surface area contributed by atoms with Crippen LogP contribution < -0.4 is 10.6 Å². The number of hydrogen-bond acceptors (Lipinski definition) is 1. The predicted octanol–water partition coefficient (Wildman–Crippen LogP) is 2.91. The van der Waals surface area contributed by atoms with E-state index in [4.69, 9.17) is 0 Å². The Bertz CT molecular complexity index is 208. The van der Waals surface area contributed by atoms with Crippen molar-refractivity contribution in [1.29, 1.82) is 0 Å². The zero-order valence-corrected chi connectivity index (χ0v) is 10.9. The first-order valence-corrected chi connectivity index (χ1v) is 6.66. The van der Waals surface area contributed by atoms with Crippen LogP contribution >= 0.6 is 0 Å². The first-order valence-electron chi connectivity index (χ1n) is 6.66. The van der Waals surface area contributed by atoms with E-state index < -0.39 is 0 Å². The van der Waals surface area contributed by atoms with Crippen molar-refractivity contribution in [2.45, 2.75) is 58.9 Å². The molecule has 0 radical (unpaired) electrons. The van der Waals surface area contributed by atoms with Gasteiger partial charge in [-0.2, -0.15) is 0 Å². The van der Waals surface area contributed by atoms with Crippen LogP contribution in [0.25, 0.3) is 0 Å². The lowest BCUT2D eigenvalue weighted by atomic mass is 9.81. The lowest BCUT2D eigenvalue weighted by molar-refractivity contribution is 0.222. The van der Waals surface area contributed by atoms with E-state index in [1.54, 1.807) is 0 Å². The molecule has 0 spiro atoms. The maximum absolute atomic E-state index is 11.3. The van der Waals surface area contributed by atoms with Gasteiger partial charge < -0.3 is 10.6 Å². The van der Waals surface area contributed by atoms with E-state index in [1.165, 1.54) is 19.3 Å². The summed E-state index contributed by atoms with van der Waals surface area (Å²) in [5.74, 6) is 1.69. The van der Waals surface area contributed by atoms with Crippen molar-refractivity contribution < 1.29 is 4.79 Å². The molecule has 2 amide bonds. The normalized spacial score (nSPS) is 25.5. The summed E-state index contributed by atoms with van der Waals surface area (Å²) < 4.78 is 0. The van der Waals surface area contributed by atoms with E-state index in [0.717, 1.165) is 24.7 Å². The lowest BCUT2D eigenvalue weighted by Crippen LogP contribution is -2.43. The molecule has 16 heavy (non-hydrogen) atoms. The molecular formula is C13H26N2O. The molecule has 0 aromatic rings. The molecule has 0 heterocycles. The van der Waals surface area contributed by atoms with E-state index >= 15 is 0 Å². The van der Waals surface area contributed by atoms with Gasteiger partial charge in [0, 0.05) is 12.6 Å². The Balaban J connectivity index is 2.19.